The van der Waals surface area contributed by atoms with Crippen LogP contribution in [0.5, 0.6) is 0 Å². The maximum absolute atomic E-state index is 5.95. The fraction of sp³-hybridized carbons (Fsp3) is 0.400. The molecule has 0 unspecified atom stereocenters. The molecule has 0 spiro atoms. The molecule has 0 atom stereocenters. The first kappa shape index (κ1) is 9.81. The van der Waals surface area contributed by atoms with Crippen molar-refractivity contribution in [2.24, 2.45) is 0 Å². The molecular weight excluding hydrogens is 184 g/mol. The van der Waals surface area contributed by atoms with Gasteiger partial charge in [0.05, 0.1) is 8.07 Å². The molecule has 0 heterocycles. The van der Waals surface area contributed by atoms with Crippen molar-refractivity contribution in [1.29, 1.82) is 0 Å². The number of rotatable bonds is 1. The molecule has 12 heavy (non-hydrogen) atoms. The zero-order chi connectivity index (χ0) is 9.35. The summed E-state index contributed by atoms with van der Waals surface area (Å²) in [4.78, 5) is 0. The van der Waals surface area contributed by atoms with Crippen molar-refractivity contribution in [2.75, 3.05) is 0 Å². The Morgan fingerprint density at radius 1 is 1.17 bits per heavy atom. The van der Waals surface area contributed by atoms with Gasteiger partial charge in [0.1, 0.15) is 0 Å². The Morgan fingerprint density at radius 2 is 1.75 bits per heavy atom. The minimum atomic E-state index is -1.19. The molecule has 0 saturated carbocycles. The van der Waals surface area contributed by atoms with Gasteiger partial charge in [-0.2, -0.15) is 0 Å². The molecular formula is C10H15ClSi. The van der Waals surface area contributed by atoms with Gasteiger partial charge in [0.2, 0.25) is 0 Å². The van der Waals surface area contributed by atoms with E-state index in [0.717, 1.165) is 5.02 Å². The lowest BCUT2D eigenvalue weighted by Gasteiger charge is -2.19. The summed E-state index contributed by atoms with van der Waals surface area (Å²) in [5.74, 6) is 0. The first-order valence-electron chi connectivity index (χ1n) is 4.18. The maximum atomic E-state index is 5.95. The van der Waals surface area contributed by atoms with E-state index in [2.05, 4.69) is 38.7 Å². The van der Waals surface area contributed by atoms with Crippen molar-refractivity contribution in [1.82, 2.24) is 0 Å². The van der Waals surface area contributed by atoms with Gasteiger partial charge in [0, 0.05) is 5.02 Å². The number of aryl methyl sites for hydroxylation is 1. The molecule has 0 nitrogen and oxygen atoms in total. The van der Waals surface area contributed by atoms with Gasteiger partial charge in [-0.25, -0.2) is 0 Å². The molecule has 0 fully saturated rings. The maximum Gasteiger partial charge on any atom is 0.0780 e. The van der Waals surface area contributed by atoms with Gasteiger partial charge in [0.15, 0.2) is 0 Å². The molecule has 0 radical (unpaired) electrons. The van der Waals surface area contributed by atoms with Crippen molar-refractivity contribution >= 4 is 24.9 Å². The third-order valence-electron chi connectivity index (χ3n) is 2.01. The normalized spacial score (nSPS) is 11.8. The molecule has 0 N–H and O–H groups in total. The summed E-state index contributed by atoms with van der Waals surface area (Å²) in [6, 6.07) is 6.18. The Kier molecular flexibility index (Phi) is 2.64. The highest BCUT2D eigenvalue weighted by molar-refractivity contribution is 6.89. The average molecular weight is 199 g/mol. The molecule has 1 aromatic carbocycles. The molecule has 66 valence electrons. The van der Waals surface area contributed by atoms with Crippen LogP contribution >= 0.6 is 11.6 Å². The first-order valence-corrected chi connectivity index (χ1v) is 8.05. The Morgan fingerprint density at radius 3 is 2.17 bits per heavy atom. The van der Waals surface area contributed by atoms with Crippen LogP contribution < -0.4 is 5.19 Å². The number of hydrogen-bond donors (Lipinski definition) is 0. The molecule has 0 aliphatic carbocycles. The van der Waals surface area contributed by atoms with Crippen LogP contribution in [0.1, 0.15) is 5.56 Å². The van der Waals surface area contributed by atoms with Crippen LogP contribution in [0.2, 0.25) is 24.7 Å². The van der Waals surface area contributed by atoms with Gasteiger partial charge in [-0.15, -0.1) is 0 Å². The predicted molar refractivity (Wildman–Crippen MR) is 59.2 cm³/mol. The smallest absolute Gasteiger partial charge is 0.0780 e. The number of halogens is 1. The van der Waals surface area contributed by atoms with E-state index in [9.17, 15) is 0 Å². The molecule has 1 rings (SSSR count). The van der Waals surface area contributed by atoms with Crippen molar-refractivity contribution < 1.29 is 0 Å². The van der Waals surface area contributed by atoms with Crippen LogP contribution in [0.4, 0.5) is 0 Å². The highest BCUT2D eigenvalue weighted by Crippen LogP contribution is 2.12. The summed E-state index contributed by atoms with van der Waals surface area (Å²) in [6.07, 6.45) is 0. The summed E-state index contributed by atoms with van der Waals surface area (Å²) in [5, 5.41) is 2.33. The monoisotopic (exact) mass is 198 g/mol. The topological polar surface area (TPSA) is 0 Å². The quantitative estimate of drug-likeness (QED) is 0.609. The minimum Gasteiger partial charge on any atom is -0.0843 e. The zero-order valence-corrected chi connectivity index (χ0v) is 9.87. The molecule has 0 aromatic heterocycles. The Hall–Kier alpha value is -0.273. The van der Waals surface area contributed by atoms with Gasteiger partial charge < -0.3 is 0 Å². The molecule has 0 bridgehead atoms. The third kappa shape index (κ3) is 2.11. The molecule has 0 aliphatic heterocycles. The SMILES string of the molecule is Cc1ccc(Cl)cc1[Si](C)(C)C. The lowest BCUT2D eigenvalue weighted by molar-refractivity contribution is 1.49. The van der Waals surface area contributed by atoms with E-state index in [1.165, 1.54) is 10.8 Å². The van der Waals surface area contributed by atoms with E-state index in [1.807, 2.05) is 6.07 Å². The van der Waals surface area contributed by atoms with E-state index < -0.39 is 8.07 Å². The largest absolute Gasteiger partial charge is 0.0843 e. The summed E-state index contributed by atoms with van der Waals surface area (Å²) in [7, 11) is -1.19. The van der Waals surface area contributed by atoms with E-state index in [0.29, 0.717) is 0 Å². The van der Waals surface area contributed by atoms with Crippen LogP contribution in [0.25, 0.3) is 0 Å². The lowest BCUT2D eigenvalue weighted by Crippen LogP contribution is -2.39. The number of benzene rings is 1. The van der Waals surface area contributed by atoms with Gasteiger partial charge >= 0.3 is 0 Å². The van der Waals surface area contributed by atoms with E-state index in [4.69, 9.17) is 11.6 Å². The summed E-state index contributed by atoms with van der Waals surface area (Å²) >= 11 is 5.95. The van der Waals surface area contributed by atoms with Crippen LogP contribution in [0, 0.1) is 6.92 Å². The van der Waals surface area contributed by atoms with Crippen molar-refractivity contribution in [3.8, 4) is 0 Å². The Balaban J connectivity index is 3.23. The minimum absolute atomic E-state index is 0.859. The molecule has 0 aliphatic rings. The molecule has 1 aromatic rings. The van der Waals surface area contributed by atoms with Gasteiger partial charge in [-0.1, -0.05) is 48.1 Å². The second kappa shape index (κ2) is 3.23. The predicted octanol–water partition coefficient (Wildman–Crippen LogP) is 3.19. The molecule has 2 heteroatoms. The standard InChI is InChI=1S/C10H15ClSi/c1-8-5-6-9(11)7-10(8)12(2,3)4/h5-7H,1-4H3. The van der Waals surface area contributed by atoms with Crippen LogP contribution in [0.3, 0.4) is 0 Å². The third-order valence-corrected chi connectivity index (χ3v) is 4.40. The van der Waals surface area contributed by atoms with E-state index >= 15 is 0 Å². The number of hydrogen-bond acceptors (Lipinski definition) is 0. The molecule has 0 saturated heterocycles. The van der Waals surface area contributed by atoms with Crippen LogP contribution in [0.15, 0.2) is 18.2 Å². The second-order valence-corrected chi connectivity index (χ2v) is 9.68. The van der Waals surface area contributed by atoms with E-state index in [-0.39, 0.29) is 0 Å². The highest BCUT2D eigenvalue weighted by Gasteiger charge is 2.18. The van der Waals surface area contributed by atoms with Crippen LogP contribution in [-0.4, -0.2) is 8.07 Å². The fourth-order valence-corrected chi connectivity index (χ4v) is 3.52. The Bertz CT molecular complexity index is 286. The first-order chi connectivity index (χ1) is 5.41. The summed E-state index contributed by atoms with van der Waals surface area (Å²) in [6.45, 7) is 9.17. The Labute approximate surface area is 80.6 Å². The highest BCUT2D eigenvalue weighted by atomic mass is 35.5. The van der Waals surface area contributed by atoms with Gasteiger partial charge in [0.25, 0.3) is 0 Å². The summed E-state index contributed by atoms with van der Waals surface area (Å²) < 4.78 is 0. The van der Waals surface area contributed by atoms with Crippen molar-refractivity contribution in [3.63, 3.8) is 0 Å². The van der Waals surface area contributed by atoms with Crippen molar-refractivity contribution in [2.45, 2.75) is 26.6 Å². The van der Waals surface area contributed by atoms with Crippen molar-refractivity contribution in [3.05, 3.63) is 28.8 Å². The average Bonchev–Trinajstić information content (AvgIpc) is 1.92. The van der Waals surface area contributed by atoms with Gasteiger partial charge in [-0.05, 0) is 19.1 Å². The second-order valence-electron chi connectivity index (χ2n) is 4.21. The zero-order valence-electron chi connectivity index (χ0n) is 8.11. The van der Waals surface area contributed by atoms with E-state index in [1.54, 1.807) is 0 Å². The lowest BCUT2D eigenvalue weighted by atomic mass is 10.2. The van der Waals surface area contributed by atoms with Crippen LogP contribution in [-0.2, 0) is 0 Å². The molecule has 0 amide bonds. The summed E-state index contributed by atoms with van der Waals surface area (Å²) in [5.41, 5.74) is 1.37. The van der Waals surface area contributed by atoms with Gasteiger partial charge in [-0.3, -0.25) is 0 Å². The fourth-order valence-electron chi connectivity index (χ4n) is 1.40.